The first-order valence-corrected chi connectivity index (χ1v) is 6.80. The first kappa shape index (κ1) is 10.6. The Balaban J connectivity index is 1.53. The van der Waals surface area contributed by atoms with Crippen LogP contribution in [0.2, 0.25) is 0 Å². The molecule has 1 amide bonds. The topological polar surface area (TPSA) is 46.3 Å². The van der Waals surface area contributed by atoms with E-state index in [-0.39, 0.29) is 0 Å². The van der Waals surface area contributed by atoms with E-state index in [9.17, 15) is 4.79 Å². The number of nitrogens with zero attached hydrogens (tertiary/aromatic N) is 1. The van der Waals surface area contributed by atoms with Crippen molar-refractivity contribution < 1.29 is 4.79 Å². The van der Waals surface area contributed by atoms with Gasteiger partial charge in [-0.05, 0) is 50.0 Å². The third-order valence-corrected chi connectivity index (χ3v) is 4.86. The number of likely N-dealkylation sites (tertiary alicyclic amines) is 1. The van der Waals surface area contributed by atoms with Crippen LogP contribution in [0.5, 0.6) is 0 Å². The van der Waals surface area contributed by atoms with Crippen LogP contribution in [0.1, 0.15) is 32.1 Å². The number of amides is 1. The van der Waals surface area contributed by atoms with Gasteiger partial charge in [0.1, 0.15) is 0 Å². The van der Waals surface area contributed by atoms with Crippen molar-refractivity contribution in [3.05, 3.63) is 0 Å². The molecule has 3 atom stereocenters. The lowest BCUT2D eigenvalue weighted by Gasteiger charge is -2.17. The van der Waals surface area contributed by atoms with Crippen molar-refractivity contribution in [2.75, 3.05) is 19.6 Å². The Morgan fingerprint density at radius 3 is 2.69 bits per heavy atom. The zero-order chi connectivity index (χ0) is 11.1. The predicted octanol–water partition coefficient (Wildman–Crippen LogP) is 1.23. The summed E-state index contributed by atoms with van der Waals surface area (Å²) in [5.74, 6) is 3.09. The van der Waals surface area contributed by atoms with E-state index in [0.717, 1.165) is 37.9 Å². The van der Waals surface area contributed by atoms with Crippen molar-refractivity contribution in [3.63, 3.8) is 0 Å². The number of fused-ring (bicyclic) bond motifs is 1. The molecule has 0 aromatic rings. The first-order chi connectivity index (χ1) is 7.81. The van der Waals surface area contributed by atoms with Crippen molar-refractivity contribution >= 4 is 5.91 Å². The average molecular weight is 222 g/mol. The van der Waals surface area contributed by atoms with Crippen LogP contribution in [-0.2, 0) is 4.79 Å². The Labute approximate surface area is 97.4 Å². The molecule has 0 radical (unpaired) electrons. The number of rotatable bonds is 3. The Bertz CT molecular complexity index is 282. The van der Waals surface area contributed by atoms with Gasteiger partial charge in [-0.3, -0.25) is 4.79 Å². The Hall–Kier alpha value is -0.570. The molecule has 2 N–H and O–H groups in total. The standard InChI is InChI=1S/C13H22N2O/c14-6-4-9-5-7-15(8-9)13(16)12-10-2-1-3-11(10)12/h9-12H,1-8,14H2. The molecule has 0 bridgehead atoms. The van der Waals surface area contributed by atoms with Gasteiger partial charge < -0.3 is 10.6 Å². The summed E-state index contributed by atoms with van der Waals surface area (Å²) in [6, 6.07) is 0. The second kappa shape index (κ2) is 4.02. The van der Waals surface area contributed by atoms with Crippen LogP contribution in [0.25, 0.3) is 0 Å². The van der Waals surface area contributed by atoms with Gasteiger partial charge in [-0.25, -0.2) is 0 Å². The van der Waals surface area contributed by atoms with Gasteiger partial charge in [0.05, 0.1) is 0 Å². The second-order valence-corrected chi connectivity index (χ2v) is 5.80. The van der Waals surface area contributed by atoms with E-state index in [1.807, 2.05) is 0 Å². The zero-order valence-corrected chi connectivity index (χ0v) is 9.90. The molecule has 0 spiro atoms. The largest absolute Gasteiger partial charge is 0.342 e. The molecule has 2 saturated carbocycles. The molecule has 1 aliphatic heterocycles. The highest BCUT2D eigenvalue weighted by Gasteiger charge is 2.57. The highest BCUT2D eigenvalue weighted by molar-refractivity contribution is 5.82. The molecule has 3 unspecified atom stereocenters. The van der Waals surface area contributed by atoms with E-state index in [0.29, 0.717) is 17.7 Å². The summed E-state index contributed by atoms with van der Waals surface area (Å²) in [4.78, 5) is 14.4. The monoisotopic (exact) mass is 222 g/mol. The highest BCUT2D eigenvalue weighted by Crippen LogP contribution is 2.58. The minimum atomic E-state index is 0.422. The number of carbonyl (C=O) groups is 1. The molecule has 0 aromatic carbocycles. The summed E-state index contributed by atoms with van der Waals surface area (Å²) in [6.45, 7) is 2.73. The summed E-state index contributed by atoms with van der Waals surface area (Å²) >= 11 is 0. The maximum Gasteiger partial charge on any atom is 0.226 e. The van der Waals surface area contributed by atoms with Crippen molar-refractivity contribution in [1.29, 1.82) is 0 Å². The molecular formula is C13H22N2O. The quantitative estimate of drug-likeness (QED) is 0.780. The Kier molecular flexibility index (Phi) is 2.66. The van der Waals surface area contributed by atoms with Crippen LogP contribution in [-0.4, -0.2) is 30.4 Å². The number of carbonyl (C=O) groups excluding carboxylic acids is 1. The molecule has 3 rings (SSSR count). The van der Waals surface area contributed by atoms with Gasteiger partial charge in [0.25, 0.3) is 0 Å². The lowest BCUT2D eigenvalue weighted by atomic mass is 10.1. The van der Waals surface area contributed by atoms with Gasteiger partial charge >= 0.3 is 0 Å². The minimum Gasteiger partial charge on any atom is -0.342 e. The third kappa shape index (κ3) is 1.65. The lowest BCUT2D eigenvalue weighted by molar-refractivity contribution is -0.132. The highest BCUT2D eigenvalue weighted by atomic mass is 16.2. The van der Waals surface area contributed by atoms with Crippen LogP contribution in [0.3, 0.4) is 0 Å². The van der Waals surface area contributed by atoms with Crippen LogP contribution in [0.15, 0.2) is 0 Å². The van der Waals surface area contributed by atoms with E-state index >= 15 is 0 Å². The van der Waals surface area contributed by atoms with Gasteiger partial charge in [-0.1, -0.05) is 6.42 Å². The van der Waals surface area contributed by atoms with Gasteiger partial charge in [-0.2, -0.15) is 0 Å². The number of hydrogen-bond donors (Lipinski definition) is 1. The third-order valence-electron chi connectivity index (χ3n) is 4.86. The normalized spacial score (nSPS) is 41.2. The fraction of sp³-hybridized carbons (Fsp3) is 0.923. The van der Waals surface area contributed by atoms with Crippen LogP contribution in [0, 0.1) is 23.7 Å². The molecule has 16 heavy (non-hydrogen) atoms. The molecule has 1 heterocycles. The zero-order valence-electron chi connectivity index (χ0n) is 9.90. The van der Waals surface area contributed by atoms with Gasteiger partial charge in [-0.15, -0.1) is 0 Å². The van der Waals surface area contributed by atoms with Crippen molar-refractivity contribution in [3.8, 4) is 0 Å². The number of hydrogen-bond acceptors (Lipinski definition) is 2. The molecule has 90 valence electrons. The molecule has 0 aromatic heterocycles. The molecule has 3 heteroatoms. The summed E-state index contributed by atoms with van der Waals surface area (Å²) < 4.78 is 0. The van der Waals surface area contributed by atoms with Crippen LogP contribution < -0.4 is 5.73 Å². The van der Waals surface area contributed by atoms with E-state index in [1.165, 1.54) is 25.7 Å². The van der Waals surface area contributed by atoms with Crippen molar-refractivity contribution in [2.24, 2.45) is 29.4 Å². The molecular weight excluding hydrogens is 200 g/mol. The fourth-order valence-corrected chi connectivity index (χ4v) is 3.90. The molecule has 1 saturated heterocycles. The molecule has 2 aliphatic carbocycles. The number of nitrogens with two attached hydrogens (primary N) is 1. The second-order valence-electron chi connectivity index (χ2n) is 5.80. The van der Waals surface area contributed by atoms with Gasteiger partial charge in [0.15, 0.2) is 0 Å². The summed E-state index contributed by atoms with van der Waals surface area (Å²) in [7, 11) is 0. The van der Waals surface area contributed by atoms with Crippen molar-refractivity contribution in [2.45, 2.75) is 32.1 Å². The van der Waals surface area contributed by atoms with Gasteiger partial charge in [0, 0.05) is 19.0 Å². The van der Waals surface area contributed by atoms with Crippen LogP contribution >= 0.6 is 0 Å². The summed E-state index contributed by atoms with van der Waals surface area (Å²) in [5, 5.41) is 0. The summed E-state index contributed by atoms with van der Waals surface area (Å²) in [6.07, 6.45) is 6.23. The molecule has 3 aliphatic rings. The maximum atomic E-state index is 12.3. The summed E-state index contributed by atoms with van der Waals surface area (Å²) in [5.41, 5.74) is 5.57. The van der Waals surface area contributed by atoms with Gasteiger partial charge in [0.2, 0.25) is 5.91 Å². The maximum absolute atomic E-state index is 12.3. The first-order valence-electron chi connectivity index (χ1n) is 6.80. The SMILES string of the molecule is NCCC1CCN(C(=O)C2C3CCCC32)C1. The lowest BCUT2D eigenvalue weighted by Crippen LogP contribution is -2.31. The van der Waals surface area contributed by atoms with Crippen LogP contribution in [0.4, 0.5) is 0 Å². The van der Waals surface area contributed by atoms with E-state index in [2.05, 4.69) is 4.90 Å². The smallest absolute Gasteiger partial charge is 0.226 e. The van der Waals surface area contributed by atoms with E-state index in [4.69, 9.17) is 5.73 Å². The minimum absolute atomic E-state index is 0.422. The van der Waals surface area contributed by atoms with E-state index < -0.39 is 0 Å². The predicted molar refractivity (Wildman–Crippen MR) is 62.7 cm³/mol. The Morgan fingerprint density at radius 1 is 1.25 bits per heavy atom. The van der Waals surface area contributed by atoms with E-state index in [1.54, 1.807) is 0 Å². The average Bonchev–Trinajstić information content (AvgIpc) is 2.73. The Morgan fingerprint density at radius 2 is 2.00 bits per heavy atom. The molecule has 3 nitrogen and oxygen atoms in total. The fourth-order valence-electron chi connectivity index (χ4n) is 3.90. The van der Waals surface area contributed by atoms with Crippen molar-refractivity contribution in [1.82, 2.24) is 4.90 Å². The molecule has 3 fully saturated rings.